The van der Waals surface area contributed by atoms with Crippen LogP contribution in [0, 0.1) is 0 Å². The molecule has 1 unspecified atom stereocenters. The Hall–Kier alpha value is -2.89. The minimum absolute atomic E-state index is 0.0912. The van der Waals surface area contributed by atoms with E-state index in [4.69, 9.17) is 14.2 Å². The molecule has 0 aliphatic carbocycles. The number of carbonyl (C=O) groups is 3. The molecule has 0 radical (unpaired) electrons. The monoisotopic (exact) mass is 923 g/mol. The fourth-order valence-electron chi connectivity index (χ4n) is 8.02. The number of carbonyl (C=O) groups excluding carboxylic acids is 3. The first-order valence-electron chi connectivity index (χ1n) is 28.3. The van der Waals surface area contributed by atoms with Gasteiger partial charge < -0.3 is 14.2 Å². The lowest BCUT2D eigenvalue weighted by Gasteiger charge is -2.18. The largest absolute Gasteiger partial charge is 0.462 e. The highest BCUT2D eigenvalue weighted by Crippen LogP contribution is 2.16. The second-order valence-electron chi connectivity index (χ2n) is 18.8. The van der Waals surface area contributed by atoms with Gasteiger partial charge in [0.2, 0.25) is 0 Å². The zero-order chi connectivity index (χ0) is 47.9. The molecule has 0 aliphatic heterocycles. The fourth-order valence-corrected chi connectivity index (χ4v) is 8.02. The van der Waals surface area contributed by atoms with Gasteiger partial charge in [-0.25, -0.2) is 0 Å². The summed E-state index contributed by atoms with van der Waals surface area (Å²) in [6, 6.07) is 0. The molecule has 0 aromatic heterocycles. The Labute approximate surface area is 409 Å². The first-order valence-corrected chi connectivity index (χ1v) is 28.3. The van der Waals surface area contributed by atoms with E-state index >= 15 is 0 Å². The summed E-state index contributed by atoms with van der Waals surface area (Å²) in [5.74, 6) is -0.933. The van der Waals surface area contributed by atoms with Gasteiger partial charge in [0.05, 0.1) is 0 Å². The van der Waals surface area contributed by atoms with Gasteiger partial charge in [0.1, 0.15) is 13.2 Å². The van der Waals surface area contributed by atoms with E-state index in [1.165, 1.54) is 154 Å². The van der Waals surface area contributed by atoms with E-state index in [2.05, 4.69) is 81.5 Å². The lowest BCUT2D eigenvalue weighted by atomic mass is 10.0. The van der Waals surface area contributed by atoms with Gasteiger partial charge in [-0.05, 0) is 83.5 Å². The van der Waals surface area contributed by atoms with Crippen LogP contribution in [0.25, 0.3) is 0 Å². The molecule has 6 heteroatoms. The third-order valence-corrected chi connectivity index (χ3v) is 12.3. The Balaban J connectivity index is 4.34. The Morgan fingerprint density at radius 1 is 0.318 bits per heavy atom. The van der Waals surface area contributed by atoms with Crippen molar-refractivity contribution in [1.82, 2.24) is 0 Å². The first kappa shape index (κ1) is 63.1. The number of ether oxygens (including phenoxy) is 3. The number of hydrogen-bond donors (Lipinski definition) is 0. The highest BCUT2D eigenvalue weighted by molar-refractivity contribution is 5.71. The summed E-state index contributed by atoms with van der Waals surface area (Å²) in [6.45, 7) is 6.48. The quantitative estimate of drug-likeness (QED) is 0.0262. The Bertz CT molecular complexity index is 1200. The van der Waals surface area contributed by atoms with Gasteiger partial charge in [0.25, 0.3) is 0 Å². The summed E-state index contributed by atoms with van der Waals surface area (Å²) in [5, 5.41) is 0. The van der Waals surface area contributed by atoms with Crippen molar-refractivity contribution in [2.75, 3.05) is 13.2 Å². The van der Waals surface area contributed by atoms with Crippen LogP contribution in [-0.2, 0) is 28.6 Å². The van der Waals surface area contributed by atoms with Crippen molar-refractivity contribution in [1.29, 1.82) is 0 Å². The van der Waals surface area contributed by atoms with Gasteiger partial charge in [-0.1, -0.05) is 242 Å². The Morgan fingerprint density at radius 2 is 0.591 bits per heavy atom. The number of hydrogen-bond acceptors (Lipinski definition) is 6. The molecule has 0 aliphatic rings. The molecule has 66 heavy (non-hydrogen) atoms. The molecule has 0 N–H and O–H groups in total. The first-order chi connectivity index (χ1) is 32.5. The van der Waals surface area contributed by atoms with Crippen molar-refractivity contribution in [3.8, 4) is 0 Å². The molecule has 0 saturated carbocycles. The normalized spacial score (nSPS) is 12.5. The maximum absolute atomic E-state index is 12.8. The van der Waals surface area contributed by atoms with E-state index in [-0.39, 0.29) is 37.5 Å². The van der Waals surface area contributed by atoms with Gasteiger partial charge in [-0.15, -0.1) is 0 Å². The third-order valence-electron chi connectivity index (χ3n) is 12.3. The summed E-state index contributed by atoms with van der Waals surface area (Å²) in [4.78, 5) is 38.1. The highest BCUT2D eigenvalue weighted by Gasteiger charge is 2.19. The standard InChI is InChI=1S/C60H106O6/c1-4-7-10-13-16-19-22-25-27-28-29-30-31-32-34-35-38-41-44-47-50-53-59(62)65-56-57(55-64-58(61)52-49-46-43-40-37-24-21-18-15-12-9-6-3)66-60(63)54-51-48-45-42-39-36-33-26-23-20-17-14-11-8-5-2/h8,11,17-18,20-21,26,33,39,42,57H,4-7,9-10,12-16,19,22-25,27-32,34-38,40-41,43-56H2,1-3H3/b11-8-,20-17-,21-18-,33-26-,42-39-. The molecule has 0 heterocycles. The molecule has 0 rings (SSSR count). The van der Waals surface area contributed by atoms with Gasteiger partial charge >= 0.3 is 17.9 Å². The van der Waals surface area contributed by atoms with Crippen LogP contribution in [0.5, 0.6) is 0 Å². The van der Waals surface area contributed by atoms with E-state index in [0.717, 1.165) is 83.5 Å². The summed E-state index contributed by atoms with van der Waals surface area (Å²) >= 11 is 0. The minimum atomic E-state index is -0.797. The van der Waals surface area contributed by atoms with Crippen molar-refractivity contribution in [3.05, 3.63) is 60.8 Å². The molecular weight excluding hydrogens is 817 g/mol. The van der Waals surface area contributed by atoms with Crippen LogP contribution < -0.4 is 0 Å². The maximum atomic E-state index is 12.8. The van der Waals surface area contributed by atoms with Crippen molar-refractivity contribution >= 4 is 17.9 Å². The van der Waals surface area contributed by atoms with Crippen molar-refractivity contribution in [2.24, 2.45) is 0 Å². The third kappa shape index (κ3) is 52.1. The molecule has 0 aromatic carbocycles. The molecule has 0 spiro atoms. The number of rotatable bonds is 51. The molecule has 1 atom stereocenters. The lowest BCUT2D eigenvalue weighted by Crippen LogP contribution is -2.30. The predicted octanol–water partition coefficient (Wildman–Crippen LogP) is 18.8. The Morgan fingerprint density at radius 3 is 1.00 bits per heavy atom. The van der Waals surface area contributed by atoms with E-state index in [9.17, 15) is 14.4 Å². The van der Waals surface area contributed by atoms with Gasteiger partial charge in [-0.2, -0.15) is 0 Å². The number of allylic oxidation sites excluding steroid dienone is 10. The molecule has 0 amide bonds. The van der Waals surface area contributed by atoms with Crippen LogP contribution in [0.1, 0.15) is 284 Å². The summed E-state index contributed by atoms with van der Waals surface area (Å²) < 4.78 is 16.8. The highest BCUT2D eigenvalue weighted by atomic mass is 16.6. The van der Waals surface area contributed by atoms with Gasteiger partial charge in [0.15, 0.2) is 6.10 Å². The second-order valence-corrected chi connectivity index (χ2v) is 18.8. The topological polar surface area (TPSA) is 78.9 Å². The molecule has 6 nitrogen and oxygen atoms in total. The second kappa shape index (κ2) is 54.7. The maximum Gasteiger partial charge on any atom is 0.306 e. The van der Waals surface area contributed by atoms with E-state index in [1.54, 1.807) is 0 Å². The average molecular weight is 924 g/mol. The summed E-state index contributed by atoms with van der Waals surface area (Å²) in [7, 11) is 0. The Kier molecular flexibility index (Phi) is 52.3. The molecule has 382 valence electrons. The molecule has 0 saturated heterocycles. The molecular formula is C60H106O6. The fraction of sp³-hybridized carbons (Fsp3) is 0.783. The zero-order valence-corrected chi connectivity index (χ0v) is 43.7. The van der Waals surface area contributed by atoms with Crippen molar-refractivity contribution in [3.63, 3.8) is 0 Å². The molecule has 0 fully saturated rings. The van der Waals surface area contributed by atoms with Crippen LogP contribution in [0.15, 0.2) is 60.8 Å². The summed E-state index contributed by atoms with van der Waals surface area (Å²) in [6.07, 6.45) is 67.9. The van der Waals surface area contributed by atoms with Crippen molar-refractivity contribution < 1.29 is 28.6 Å². The van der Waals surface area contributed by atoms with E-state index < -0.39 is 6.10 Å². The molecule has 0 aromatic rings. The number of unbranched alkanes of at least 4 members (excludes halogenated alkanes) is 30. The lowest BCUT2D eigenvalue weighted by molar-refractivity contribution is -0.167. The van der Waals surface area contributed by atoms with Crippen LogP contribution >= 0.6 is 0 Å². The predicted molar refractivity (Wildman–Crippen MR) is 284 cm³/mol. The number of esters is 3. The van der Waals surface area contributed by atoms with Crippen LogP contribution in [-0.4, -0.2) is 37.2 Å². The molecule has 0 bridgehead atoms. The van der Waals surface area contributed by atoms with Crippen LogP contribution in [0.3, 0.4) is 0 Å². The van der Waals surface area contributed by atoms with E-state index in [1.807, 2.05) is 0 Å². The zero-order valence-electron chi connectivity index (χ0n) is 43.7. The smallest absolute Gasteiger partial charge is 0.306 e. The van der Waals surface area contributed by atoms with Gasteiger partial charge in [-0.3, -0.25) is 14.4 Å². The SMILES string of the molecule is CC/C=C\C/C=C\C/C=C\C/C=C\CCCCC(=O)OC(COC(=O)CCCCCCC/C=C\CCCCC)COC(=O)CCCCCCCCCCCCCCCCCCCCCCC. The minimum Gasteiger partial charge on any atom is -0.462 e. The average Bonchev–Trinajstić information content (AvgIpc) is 3.31. The summed E-state index contributed by atoms with van der Waals surface area (Å²) in [5.41, 5.74) is 0. The van der Waals surface area contributed by atoms with Crippen LogP contribution in [0.2, 0.25) is 0 Å². The van der Waals surface area contributed by atoms with Crippen LogP contribution in [0.4, 0.5) is 0 Å². The van der Waals surface area contributed by atoms with E-state index in [0.29, 0.717) is 19.3 Å². The van der Waals surface area contributed by atoms with Gasteiger partial charge in [0, 0.05) is 19.3 Å². The van der Waals surface area contributed by atoms with Crippen molar-refractivity contribution in [2.45, 2.75) is 290 Å².